The van der Waals surface area contributed by atoms with Gasteiger partial charge < -0.3 is 5.32 Å². The van der Waals surface area contributed by atoms with Crippen molar-refractivity contribution in [2.75, 3.05) is 12.3 Å². The lowest BCUT2D eigenvalue weighted by atomic mass is 9.73. The lowest BCUT2D eigenvalue weighted by Crippen LogP contribution is -2.51. The fourth-order valence-corrected chi connectivity index (χ4v) is 4.60. The molecular weight excluding hydrogens is 226 g/mol. The summed E-state index contributed by atoms with van der Waals surface area (Å²) in [5.74, 6) is 2.20. The Balaban J connectivity index is 2.54. The zero-order valence-corrected chi connectivity index (χ0v) is 13.2. The van der Waals surface area contributed by atoms with Gasteiger partial charge in [0.1, 0.15) is 0 Å². The first kappa shape index (κ1) is 15.4. The van der Waals surface area contributed by atoms with Crippen molar-refractivity contribution in [3.05, 3.63) is 0 Å². The molecule has 0 amide bonds. The number of hydrogen-bond donors (Lipinski definition) is 1. The van der Waals surface area contributed by atoms with Gasteiger partial charge in [-0.05, 0) is 36.5 Å². The third kappa shape index (κ3) is 4.48. The van der Waals surface area contributed by atoms with E-state index < -0.39 is 0 Å². The molecule has 0 aliphatic heterocycles. The smallest absolute Gasteiger partial charge is 0.0237 e. The average Bonchev–Trinajstić information content (AvgIpc) is 2.29. The Morgan fingerprint density at radius 3 is 2.65 bits per heavy atom. The lowest BCUT2D eigenvalue weighted by molar-refractivity contribution is 0.176. The topological polar surface area (TPSA) is 12.0 Å². The largest absolute Gasteiger partial charge is 0.313 e. The molecule has 1 aliphatic rings. The maximum atomic E-state index is 3.75. The Kier molecular flexibility index (Phi) is 6.36. The Labute approximate surface area is 113 Å². The van der Waals surface area contributed by atoms with Crippen LogP contribution in [-0.4, -0.2) is 23.6 Å². The number of thioether (sulfide) groups is 1. The molecule has 0 heterocycles. The highest BCUT2D eigenvalue weighted by atomic mass is 32.2. The van der Waals surface area contributed by atoms with Crippen LogP contribution in [0.4, 0.5) is 0 Å². The van der Waals surface area contributed by atoms with E-state index in [2.05, 4.69) is 51.7 Å². The minimum absolute atomic E-state index is 0.474. The standard InChI is InChI=1S/C15H31NS/c1-6-12(3)11-17-13-9-8-10-15(4,5)14(13)16-7-2/h12-14,16H,6-11H2,1-5H3. The summed E-state index contributed by atoms with van der Waals surface area (Å²) in [4.78, 5) is 0. The highest BCUT2D eigenvalue weighted by Gasteiger charge is 2.38. The Hall–Kier alpha value is 0.310. The first-order chi connectivity index (χ1) is 8.01. The summed E-state index contributed by atoms with van der Waals surface area (Å²) >= 11 is 2.22. The van der Waals surface area contributed by atoms with Gasteiger partial charge in [0.25, 0.3) is 0 Å². The molecule has 1 nitrogen and oxygen atoms in total. The molecule has 2 heteroatoms. The molecule has 17 heavy (non-hydrogen) atoms. The summed E-state index contributed by atoms with van der Waals surface area (Å²) in [6.07, 6.45) is 5.51. The van der Waals surface area contributed by atoms with E-state index in [-0.39, 0.29) is 0 Å². The van der Waals surface area contributed by atoms with E-state index in [4.69, 9.17) is 0 Å². The second kappa shape index (κ2) is 7.04. The minimum atomic E-state index is 0.474. The van der Waals surface area contributed by atoms with Crippen molar-refractivity contribution in [3.63, 3.8) is 0 Å². The van der Waals surface area contributed by atoms with Crippen LogP contribution in [0.2, 0.25) is 0 Å². The quantitative estimate of drug-likeness (QED) is 0.760. The Morgan fingerprint density at radius 2 is 2.06 bits per heavy atom. The van der Waals surface area contributed by atoms with Gasteiger partial charge in [0.15, 0.2) is 0 Å². The van der Waals surface area contributed by atoms with Crippen molar-refractivity contribution in [1.82, 2.24) is 5.32 Å². The maximum absolute atomic E-state index is 3.75. The van der Waals surface area contributed by atoms with Gasteiger partial charge in [-0.3, -0.25) is 0 Å². The van der Waals surface area contributed by atoms with E-state index in [9.17, 15) is 0 Å². The van der Waals surface area contributed by atoms with Gasteiger partial charge in [-0.15, -0.1) is 0 Å². The second-order valence-electron chi connectivity index (χ2n) is 6.30. The van der Waals surface area contributed by atoms with Gasteiger partial charge in [-0.1, -0.05) is 47.5 Å². The Morgan fingerprint density at radius 1 is 1.35 bits per heavy atom. The molecule has 0 bridgehead atoms. The SMILES string of the molecule is CCNC1C(SCC(C)CC)CCCC1(C)C. The van der Waals surface area contributed by atoms with Crippen molar-refractivity contribution >= 4 is 11.8 Å². The monoisotopic (exact) mass is 257 g/mol. The minimum Gasteiger partial charge on any atom is -0.313 e. The van der Waals surface area contributed by atoms with Crippen LogP contribution in [-0.2, 0) is 0 Å². The predicted molar refractivity (Wildman–Crippen MR) is 80.8 cm³/mol. The van der Waals surface area contributed by atoms with E-state index in [1.165, 1.54) is 31.4 Å². The molecule has 102 valence electrons. The van der Waals surface area contributed by atoms with E-state index in [1.807, 2.05) is 0 Å². The highest BCUT2D eigenvalue weighted by molar-refractivity contribution is 7.99. The van der Waals surface area contributed by atoms with E-state index in [1.54, 1.807) is 0 Å². The van der Waals surface area contributed by atoms with Gasteiger partial charge in [-0.25, -0.2) is 0 Å². The first-order valence-corrected chi connectivity index (χ1v) is 8.41. The lowest BCUT2D eigenvalue weighted by Gasteiger charge is -2.44. The molecule has 3 unspecified atom stereocenters. The van der Waals surface area contributed by atoms with Crippen LogP contribution < -0.4 is 5.32 Å². The summed E-state index contributed by atoms with van der Waals surface area (Å²) in [6, 6.07) is 0.704. The van der Waals surface area contributed by atoms with E-state index >= 15 is 0 Å². The van der Waals surface area contributed by atoms with Crippen molar-refractivity contribution in [2.24, 2.45) is 11.3 Å². The third-order valence-corrected chi connectivity index (χ3v) is 5.94. The van der Waals surface area contributed by atoms with Crippen LogP contribution in [0.1, 0.15) is 60.3 Å². The fraction of sp³-hybridized carbons (Fsp3) is 1.00. The van der Waals surface area contributed by atoms with Gasteiger partial charge in [0.05, 0.1) is 0 Å². The van der Waals surface area contributed by atoms with Crippen LogP contribution >= 0.6 is 11.8 Å². The van der Waals surface area contributed by atoms with Gasteiger partial charge in [-0.2, -0.15) is 11.8 Å². The second-order valence-corrected chi connectivity index (χ2v) is 7.57. The molecule has 0 saturated heterocycles. The van der Waals surface area contributed by atoms with Crippen LogP contribution in [0.5, 0.6) is 0 Å². The van der Waals surface area contributed by atoms with Crippen molar-refractivity contribution in [3.8, 4) is 0 Å². The zero-order chi connectivity index (χ0) is 12.9. The number of rotatable bonds is 6. The van der Waals surface area contributed by atoms with Crippen LogP contribution in [0.3, 0.4) is 0 Å². The molecule has 0 aromatic carbocycles. The van der Waals surface area contributed by atoms with Crippen LogP contribution in [0.15, 0.2) is 0 Å². The molecule has 1 saturated carbocycles. The molecule has 0 radical (unpaired) electrons. The van der Waals surface area contributed by atoms with Crippen molar-refractivity contribution in [2.45, 2.75) is 71.6 Å². The number of nitrogens with one attached hydrogen (secondary N) is 1. The molecule has 1 fully saturated rings. The number of hydrogen-bond acceptors (Lipinski definition) is 2. The van der Waals surface area contributed by atoms with Crippen LogP contribution in [0.25, 0.3) is 0 Å². The summed E-state index contributed by atoms with van der Waals surface area (Å²) in [7, 11) is 0. The molecule has 3 atom stereocenters. The molecule has 1 N–H and O–H groups in total. The van der Waals surface area contributed by atoms with Crippen molar-refractivity contribution < 1.29 is 0 Å². The molecule has 1 rings (SSSR count). The molecule has 1 aliphatic carbocycles. The van der Waals surface area contributed by atoms with Crippen molar-refractivity contribution in [1.29, 1.82) is 0 Å². The third-order valence-electron chi connectivity index (χ3n) is 4.24. The van der Waals surface area contributed by atoms with E-state index in [0.29, 0.717) is 11.5 Å². The average molecular weight is 257 g/mol. The summed E-state index contributed by atoms with van der Waals surface area (Å²) < 4.78 is 0. The van der Waals surface area contributed by atoms with E-state index in [0.717, 1.165) is 17.7 Å². The maximum Gasteiger partial charge on any atom is 0.0237 e. The summed E-state index contributed by atoms with van der Waals surface area (Å²) in [5, 5.41) is 4.57. The van der Waals surface area contributed by atoms with Crippen LogP contribution in [0, 0.1) is 11.3 Å². The molecule has 0 aromatic heterocycles. The highest BCUT2D eigenvalue weighted by Crippen LogP contribution is 2.41. The Bertz CT molecular complexity index is 215. The zero-order valence-electron chi connectivity index (χ0n) is 12.4. The normalized spacial score (nSPS) is 30.2. The molecule has 0 aromatic rings. The predicted octanol–water partition coefficient (Wildman–Crippen LogP) is 4.32. The summed E-state index contributed by atoms with van der Waals surface area (Å²) in [6.45, 7) is 12.9. The molecule has 0 spiro atoms. The van der Waals surface area contributed by atoms with Gasteiger partial charge in [0.2, 0.25) is 0 Å². The molecular formula is C15H31NS. The fourth-order valence-electron chi connectivity index (χ4n) is 2.80. The first-order valence-electron chi connectivity index (χ1n) is 7.36. The summed E-state index contributed by atoms with van der Waals surface area (Å²) in [5.41, 5.74) is 0.474. The van der Waals surface area contributed by atoms with Gasteiger partial charge in [0, 0.05) is 11.3 Å². The van der Waals surface area contributed by atoms with Gasteiger partial charge >= 0.3 is 0 Å².